The average molecular weight is 402 g/mol. The van der Waals surface area contributed by atoms with Gasteiger partial charge in [0.1, 0.15) is 11.4 Å². The summed E-state index contributed by atoms with van der Waals surface area (Å²) in [5.41, 5.74) is 0.938. The Hall–Kier alpha value is -2.83. The number of unbranched alkanes of at least 4 members (excludes halogenated alkanes) is 1. The molecule has 1 heterocycles. The average Bonchev–Trinajstić information content (AvgIpc) is 2.99. The fourth-order valence-electron chi connectivity index (χ4n) is 3.03. The Morgan fingerprint density at radius 3 is 2.55 bits per heavy atom. The van der Waals surface area contributed by atoms with Gasteiger partial charge < -0.3 is 14.8 Å². The van der Waals surface area contributed by atoms with Crippen LogP contribution >= 0.6 is 0 Å². The summed E-state index contributed by atoms with van der Waals surface area (Å²) in [5.74, 6) is 0.213. The van der Waals surface area contributed by atoms with E-state index in [0.717, 1.165) is 36.1 Å². The van der Waals surface area contributed by atoms with E-state index in [4.69, 9.17) is 9.47 Å². The highest BCUT2D eigenvalue weighted by Gasteiger charge is 2.33. The molecule has 0 bridgehead atoms. The highest BCUT2D eigenvalue weighted by molar-refractivity contribution is 6.14. The van der Waals surface area contributed by atoms with Crippen LogP contribution in [-0.2, 0) is 14.3 Å². The number of esters is 1. The van der Waals surface area contributed by atoms with Crippen LogP contribution in [0, 0.1) is 5.92 Å². The Morgan fingerprint density at radius 2 is 1.93 bits per heavy atom. The molecule has 0 radical (unpaired) electrons. The molecule has 1 aliphatic heterocycles. The summed E-state index contributed by atoms with van der Waals surface area (Å²) < 4.78 is 10.4. The van der Waals surface area contributed by atoms with Crippen molar-refractivity contribution >= 4 is 24.0 Å². The molecular formula is C22H30N2O5. The molecule has 7 nitrogen and oxygen atoms in total. The molecule has 0 aliphatic carbocycles. The zero-order chi connectivity index (χ0) is 21.2. The molecule has 2 rings (SSSR count). The van der Waals surface area contributed by atoms with Crippen LogP contribution in [0.2, 0.25) is 0 Å². The molecule has 29 heavy (non-hydrogen) atoms. The van der Waals surface area contributed by atoms with Crippen molar-refractivity contribution in [2.75, 3.05) is 20.3 Å². The second kappa shape index (κ2) is 11.2. The molecule has 7 heteroatoms. The van der Waals surface area contributed by atoms with Crippen LogP contribution in [0.5, 0.6) is 5.75 Å². The molecule has 1 fully saturated rings. The van der Waals surface area contributed by atoms with Gasteiger partial charge in [0.05, 0.1) is 20.1 Å². The van der Waals surface area contributed by atoms with E-state index in [1.807, 2.05) is 0 Å². The summed E-state index contributed by atoms with van der Waals surface area (Å²) >= 11 is 0. The Balaban J connectivity index is 1.86. The Kier molecular flexibility index (Phi) is 8.70. The van der Waals surface area contributed by atoms with Gasteiger partial charge >= 0.3 is 12.0 Å². The van der Waals surface area contributed by atoms with Gasteiger partial charge in [-0.1, -0.05) is 45.2 Å². The summed E-state index contributed by atoms with van der Waals surface area (Å²) in [5, 5.41) is 2.55. The number of imide groups is 1. The maximum Gasteiger partial charge on any atom is 0.329 e. The van der Waals surface area contributed by atoms with Gasteiger partial charge in [-0.25, -0.2) is 4.79 Å². The van der Waals surface area contributed by atoms with Crippen molar-refractivity contribution in [3.8, 4) is 5.75 Å². The smallest absolute Gasteiger partial charge is 0.329 e. The van der Waals surface area contributed by atoms with Crippen LogP contribution < -0.4 is 10.1 Å². The third kappa shape index (κ3) is 6.62. The quantitative estimate of drug-likeness (QED) is 0.346. The zero-order valence-electron chi connectivity index (χ0n) is 17.4. The van der Waals surface area contributed by atoms with E-state index >= 15 is 0 Å². The standard InChI is InChI=1S/C22H30N2O5/c1-4-6-7-16(5-2)15-29-20(25)12-13-24-21(26)19(23-22(24)27)14-17-8-10-18(28-3)11-9-17/h8-11,14,16H,4-7,12-13,15H2,1-3H3,(H,23,27)/b19-14-. The lowest BCUT2D eigenvalue weighted by molar-refractivity contribution is -0.145. The van der Waals surface area contributed by atoms with Crippen molar-refractivity contribution in [1.29, 1.82) is 0 Å². The van der Waals surface area contributed by atoms with Gasteiger partial charge in [0.25, 0.3) is 5.91 Å². The molecule has 0 aromatic heterocycles. The first-order valence-electron chi connectivity index (χ1n) is 10.1. The number of carbonyl (C=O) groups excluding carboxylic acids is 3. The van der Waals surface area contributed by atoms with E-state index in [2.05, 4.69) is 19.2 Å². The van der Waals surface area contributed by atoms with Crippen molar-refractivity contribution in [2.45, 2.75) is 46.0 Å². The van der Waals surface area contributed by atoms with E-state index in [1.54, 1.807) is 37.5 Å². The third-order valence-corrected chi connectivity index (χ3v) is 4.95. The molecule has 1 aromatic rings. The summed E-state index contributed by atoms with van der Waals surface area (Å²) in [6.45, 7) is 4.60. The molecule has 3 amide bonds. The topological polar surface area (TPSA) is 84.9 Å². The van der Waals surface area contributed by atoms with E-state index in [-0.39, 0.29) is 18.7 Å². The molecule has 158 valence electrons. The van der Waals surface area contributed by atoms with Crippen LogP contribution in [0.1, 0.15) is 51.5 Å². The van der Waals surface area contributed by atoms with Crippen molar-refractivity contribution < 1.29 is 23.9 Å². The van der Waals surface area contributed by atoms with E-state index in [1.165, 1.54) is 0 Å². The monoisotopic (exact) mass is 402 g/mol. The van der Waals surface area contributed by atoms with Gasteiger partial charge in [-0.2, -0.15) is 0 Å². The first kappa shape index (κ1) is 22.5. The first-order valence-corrected chi connectivity index (χ1v) is 10.1. The highest BCUT2D eigenvalue weighted by Crippen LogP contribution is 2.18. The summed E-state index contributed by atoms with van der Waals surface area (Å²) in [4.78, 5) is 37.6. The van der Waals surface area contributed by atoms with Crippen LogP contribution in [0.4, 0.5) is 4.79 Å². The number of nitrogens with zero attached hydrogens (tertiary/aromatic N) is 1. The minimum absolute atomic E-state index is 0.00476. The third-order valence-electron chi connectivity index (χ3n) is 4.95. The van der Waals surface area contributed by atoms with Crippen LogP contribution in [0.15, 0.2) is 30.0 Å². The number of rotatable bonds is 11. The maximum absolute atomic E-state index is 12.5. The van der Waals surface area contributed by atoms with Crippen LogP contribution in [0.3, 0.4) is 0 Å². The van der Waals surface area contributed by atoms with Crippen molar-refractivity contribution in [2.24, 2.45) is 5.92 Å². The Morgan fingerprint density at radius 1 is 1.21 bits per heavy atom. The largest absolute Gasteiger partial charge is 0.497 e. The molecule has 1 aliphatic rings. The predicted molar refractivity (Wildman–Crippen MR) is 110 cm³/mol. The van der Waals surface area contributed by atoms with Crippen molar-refractivity contribution in [3.05, 3.63) is 35.5 Å². The number of amides is 3. The van der Waals surface area contributed by atoms with E-state index in [0.29, 0.717) is 18.3 Å². The lowest BCUT2D eigenvalue weighted by Gasteiger charge is -2.15. The van der Waals surface area contributed by atoms with Crippen LogP contribution in [0.25, 0.3) is 6.08 Å². The molecule has 1 N–H and O–H groups in total. The predicted octanol–water partition coefficient (Wildman–Crippen LogP) is 3.74. The van der Waals surface area contributed by atoms with E-state index in [9.17, 15) is 14.4 Å². The maximum atomic E-state index is 12.5. The number of carbonyl (C=O) groups is 3. The van der Waals surface area contributed by atoms with Gasteiger partial charge in [0.2, 0.25) is 0 Å². The van der Waals surface area contributed by atoms with Crippen molar-refractivity contribution in [1.82, 2.24) is 10.2 Å². The minimum Gasteiger partial charge on any atom is -0.497 e. The molecule has 0 saturated carbocycles. The zero-order valence-corrected chi connectivity index (χ0v) is 17.4. The summed E-state index contributed by atoms with van der Waals surface area (Å²) in [6, 6.07) is 6.58. The SMILES string of the molecule is CCCCC(CC)COC(=O)CCN1C(=O)N/C(=C\c2ccc(OC)cc2)C1=O. The van der Waals surface area contributed by atoms with Gasteiger partial charge in [-0.05, 0) is 36.1 Å². The lowest BCUT2D eigenvalue weighted by Crippen LogP contribution is -2.33. The Bertz CT molecular complexity index is 742. The summed E-state index contributed by atoms with van der Waals surface area (Å²) in [6.07, 6.45) is 5.80. The second-order valence-electron chi connectivity index (χ2n) is 7.07. The molecule has 1 aromatic carbocycles. The number of hydrogen-bond acceptors (Lipinski definition) is 5. The fourth-order valence-corrected chi connectivity index (χ4v) is 3.03. The van der Waals surface area contributed by atoms with Gasteiger partial charge in [0.15, 0.2) is 0 Å². The Labute approximate surface area is 172 Å². The van der Waals surface area contributed by atoms with Gasteiger partial charge in [-0.3, -0.25) is 14.5 Å². The minimum atomic E-state index is -0.531. The number of methoxy groups -OCH3 is 1. The second-order valence-corrected chi connectivity index (χ2v) is 7.07. The van der Waals surface area contributed by atoms with Gasteiger partial charge in [0, 0.05) is 6.54 Å². The van der Waals surface area contributed by atoms with Gasteiger partial charge in [-0.15, -0.1) is 0 Å². The molecule has 1 unspecified atom stereocenters. The highest BCUT2D eigenvalue weighted by atomic mass is 16.5. The number of ether oxygens (including phenoxy) is 2. The number of hydrogen-bond donors (Lipinski definition) is 1. The fraction of sp³-hybridized carbons (Fsp3) is 0.500. The lowest BCUT2D eigenvalue weighted by atomic mass is 10.0. The number of nitrogens with one attached hydrogen (secondary N) is 1. The molecule has 1 saturated heterocycles. The number of benzene rings is 1. The molecule has 0 spiro atoms. The van der Waals surface area contributed by atoms with Crippen LogP contribution in [-0.4, -0.2) is 43.1 Å². The van der Waals surface area contributed by atoms with E-state index < -0.39 is 17.9 Å². The van der Waals surface area contributed by atoms with Crippen molar-refractivity contribution in [3.63, 3.8) is 0 Å². The number of urea groups is 1. The molecular weight excluding hydrogens is 372 g/mol. The summed E-state index contributed by atoms with van der Waals surface area (Å²) in [7, 11) is 1.57. The molecule has 1 atom stereocenters. The normalized spacial score (nSPS) is 16.1. The first-order chi connectivity index (χ1) is 14.0.